The first-order chi connectivity index (χ1) is 8.00. The Labute approximate surface area is 105 Å². The topological polar surface area (TPSA) is 34.9 Å². The maximum Gasteiger partial charge on any atom is 0.256 e. The van der Waals surface area contributed by atoms with Crippen LogP contribution in [0.25, 0.3) is 11.4 Å². The van der Waals surface area contributed by atoms with E-state index in [9.17, 15) is 4.79 Å². The van der Waals surface area contributed by atoms with Gasteiger partial charge in [0.1, 0.15) is 5.82 Å². The first kappa shape index (κ1) is 11.9. The van der Waals surface area contributed by atoms with Crippen LogP contribution in [0.3, 0.4) is 0 Å². The van der Waals surface area contributed by atoms with Gasteiger partial charge in [-0.2, -0.15) is 0 Å². The summed E-state index contributed by atoms with van der Waals surface area (Å²) in [5, 5.41) is 0.634. The smallest absolute Gasteiger partial charge is 0.256 e. The third-order valence-corrected chi connectivity index (χ3v) is 3.08. The predicted molar refractivity (Wildman–Crippen MR) is 69.4 cm³/mol. The highest BCUT2D eigenvalue weighted by atomic mass is 35.5. The van der Waals surface area contributed by atoms with Gasteiger partial charge in [0.15, 0.2) is 0 Å². The molecule has 0 aliphatic carbocycles. The van der Waals surface area contributed by atoms with Crippen LogP contribution >= 0.6 is 11.6 Å². The van der Waals surface area contributed by atoms with Crippen LogP contribution in [0.5, 0.6) is 0 Å². The lowest BCUT2D eigenvalue weighted by Crippen LogP contribution is -2.23. The summed E-state index contributed by atoms with van der Waals surface area (Å²) in [7, 11) is 1.72. The van der Waals surface area contributed by atoms with Crippen molar-refractivity contribution in [2.75, 3.05) is 0 Å². The number of rotatable bonds is 1. The molecule has 4 heteroatoms. The summed E-state index contributed by atoms with van der Waals surface area (Å²) in [4.78, 5) is 16.4. The number of hydrogen-bond donors (Lipinski definition) is 0. The van der Waals surface area contributed by atoms with E-state index in [2.05, 4.69) is 4.98 Å². The van der Waals surface area contributed by atoms with Crippen molar-refractivity contribution >= 4 is 11.6 Å². The summed E-state index contributed by atoms with van der Waals surface area (Å²) in [5.41, 5.74) is 2.26. The van der Waals surface area contributed by atoms with Gasteiger partial charge in [0, 0.05) is 28.9 Å². The molecule has 0 amide bonds. The third-order valence-electron chi connectivity index (χ3n) is 2.84. The van der Waals surface area contributed by atoms with Crippen molar-refractivity contribution in [2.24, 2.45) is 7.05 Å². The molecule has 0 aliphatic rings. The zero-order valence-corrected chi connectivity index (χ0v) is 10.7. The van der Waals surface area contributed by atoms with Crippen LogP contribution in [0.1, 0.15) is 11.3 Å². The quantitative estimate of drug-likeness (QED) is 0.778. The molecule has 0 spiro atoms. The zero-order chi connectivity index (χ0) is 12.6. The third kappa shape index (κ3) is 2.11. The molecular formula is C13H13ClN2O. The monoisotopic (exact) mass is 248 g/mol. The standard InChI is InChI=1S/C13H13ClN2O/c1-8-9(2)15-12(16(3)13(8)17)10-5-4-6-11(14)7-10/h4-7H,1-3H3. The molecule has 0 aliphatic heterocycles. The molecule has 0 N–H and O–H groups in total. The second kappa shape index (κ2) is 4.34. The van der Waals surface area contributed by atoms with E-state index in [-0.39, 0.29) is 5.56 Å². The van der Waals surface area contributed by atoms with Crippen molar-refractivity contribution in [3.05, 3.63) is 50.9 Å². The van der Waals surface area contributed by atoms with Crippen molar-refractivity contribution in [1.29, 1.82) is 0 Å². The second-order valence-electron chi connectivity index (χ2n) is 4.02. The lowest BCUT2D eigenvalue weighted by atomic mass is 10.2. The Bertz CT molecular complexity index is 632. The molecule has 1 aromatic heterocycles. The van der Waals surface area contributed by atoms with E-state index in [0.717, 1.165) is 11.3 Å². The minimum Gasteiger partial charge on any atom is -0.296 e. The molecule has 3 nitrogen and oxygen atoms in total. The fourth-order valence-electron chi connectivity index (χ4n) is 1.71. The molecule has 0 atom stereocenters. The summed E-state index contributed by atoms with van der Waals surface area (Å²) in [6, 6.07) is 7.34. The van der Waals surface area contributed by atoms with Gasteiger partial charge in [0.2, 0.25) is 0 Å². The Morgan fingerprint density at radius 3 is 2.65 bits per heavy atom. The Morgan fingerprint density at radius 1 is 1.29 bits per heavy atom. The van der Waals surface area contributed by atoms with Crippen LogP contribution in [-0.4, -0.2) is 9.55 Å². The van der Waals surface area contributed by atoms with Crippen LogP contribution in [0.15, 0.2) is 29.1 Å². The number of halogens is 1. The molecule has 0 saturated heterocycles. The van der Waals surface area contributed by atoms with Gasteiger partial charge in [-0.3, -0.25) is 9.36 Å². The van der Waals surface area contributed by atoms with Crippen LogP contribution in [0.4, 0.5) is 0 Å². The maximum absolute atomic E-state index is 12.0. The van der Waals surface area contributed by atoms with E-state index in [4.69, 9.17) is 11.6 Å². The van der Waals surface area contributed by atoms with Crippen LogP contribution in [0, 0.1) is 13.8 Å². The molecule has 0 fully saturated rings. The van der Waals surface area contributed by atoms with E-state index in [1.165, 1.54) is 0 Å². The van der Waals surface area contributed by atoms with Crippen molar-refractivity contribution in [3.63, 3.8) is 0 Å². The normalized spacial score (nSPS) is 10.6. The molecule has 88 valence electrons. The molecular weight excluding hydrogens is 236 g/mol. The minimum atomic E-state index is -0.0209. The molecule has 2 rings (SSSR count). The van der Waals surface area contributed by atoms with Crippen LogP contribution < -0.4 is 5.56 Å². The number of nitrogens with zero attached hydrogens (tertiary/aromatic N) is 2. The molecule has 0 unspecified atom stereocenters. The fraction of sp³-hybridized carbons (Fsp3) is 0.231. The highest BCUT2D eigenvalue weighted by molar-refractivity contribution is 6.30. The summed E-state index contributed by atoms with van der Waals surface area (Å²) in [5.74, 6) is 0.639. The average Bonchev–Trinajstić information content (AvgIpc) is 2.31. The van der Waals surface area contributed by atoms with E-state index in [1.807, 2.05) is 19.1 Å². The van der Waals surface area contributed by atoms with Crippen molar-refractivity contribution in [1.82, 2.24) is 9.55 Å². The first-order valence-corrected chi connectivity index (χ1v) is 5.68. The Hall–Kier alpha value is -1.61. The number of aromatic nitrogens is 2. The zero-order valence-electron chi connectivity index (χ0n) is 9.99. The van der Waals surface area contributed by atoms with Gasteiger partial charge in [0.05, 0.1) is 0 Å². The Balaban J connectivity index is 2.73. The Kier molecular flexibility index (Phi) is 3.03. The van der Waals surface area contributed by atoms with Gasteiger partial charge in [-0.05, 0) is 26.0 Å². The molecule has 0 radical (unpaired) electrons. The summed E-state index contributed by atoms with van der Waals surface area (Å²) < 4.78 is 1.55. The second-order valence-corrected chi connectivity index (χ2v) is 4.46. The van der Waals surface area contributed by atoms with E-state index in [1.54, 1.807) is 30.7 Å². The van der Waals surface area contributed by atoms with Gasteiger partial charge in [-0.1, -0.05) is 23.7 Å². The van der Waals surface area contributed by atoms with Gasteiger partial charge >= 0.3 is 0 Å². The number of benzene rings is 1. The van der Waals surface area contributed by atoms with Gasteiger partial charge in [-0.25, -0.2) is 4.98 Å². The maximum atomic E-state index is 12.0. The lowest BCUT2D eigenvalue weighted by molar-refractivity contribution is 0.813. The van der Waals surface area contributed by atoms with Crippen molar-refractivity contribution in [2.45, 2.75) is 13.8 Å². The number of hydrogen-bond acceptors (Lipinski definition) is 2. The average molecular weight is 249 g/mol. The van der Waals surface area contributed by atoms with Crippen molar-refractivity contribution < 1.29 is 0 Å². The lowest BCUT2D eigenvalue weighted by Gasteiger charge is -2.10. The largest absolute Gasteiger partial charge is 0.296 e. The highest BCUT2D eigenvalue weighted by Crippen LogP contribution is 2.20. The van der Waals surface area contributed by atoms with Gasteiger partial charge in [-0.15, -0.1) is 0 Å². The first-order valence-electron chi connectivity index (χ1n) is 5.31. The SMILES string of the molecule is Cc1nc(-c2cccc(Cl)c2)n(C)c(=O)c1C. The molecule has 0 bridgehead atoms. The predicted octanol–water partition coefficient (Wildman–Crippen LogP) is 2.72. The van der Waals surface area contributed by atoms with Crippen molar-refractivity contribution in [3.8, 4) is 11.4 Å². The van der Waals surface area contributed by atoms with Gasteiger partial charge < -0.3 is 0 Å². The highest BCUT2D eigenvalue weighted by Gasteiger charge is 2.10. The van der Waals surface area contributed by atoms with Crippen LogP contribution in [0.2, 0.25) is 5.02 Å². The minimum absolute atomic E-state index is 0.0209. The summed E-state index contributed by atoms with van der Waals surface area (Å²) in [6.45, 7) is 3.62. The number of aryl methyl sites for hydroxylation is 1. The molecule has 1 aromatic carbocycles. The van der Waals surface area contributed by atoms with E-state index in [0.29, 0.717) is 16.4 Å². The molecule has 17 heavy (non-hydrogen) atoms. The van der Waals surface area contributed by atoms with Crippen LogP contribution in [-0.2, 0) is 7.05 Å². The van der Waals surface area contributed by atoms with Gasteiger partial charge in [0.25, 0.3) is 5.56 Å². The summed E-state index contributed by atoms with van der Waals surface area (Å²) >= 11 is 5.94. The molecule has 2 aromatic rings. The van der Waals surface area contributed by atoms with E-state index >= 15 is 0 Å². The molecule has 0 saturated carbocycles. The molecule has 1 heterocycles. The fourth-order valence-corrected chi connectivity index (χ4v) is 1.90. The Morgan fingerprint density at radius 2 is 2.00 bits per heavy atom. The van der Waals surface area contributed by atoms with E-state index < -0.39 is 0 Å². The summed E-state index contributed by atoms with van der Waals surface area (Å²) in [6.07, 6.45) is 0.